The summed E-state index contributed by atoms with van der Waals surface area (Å²) in [5.74, 6) is 0. The van der Waals surface area contributed by atoms with Crippen molar-refractivity contribution in [3.05, 3.63) is 33.9 Å². The first-order valence-electron chi connectivity index (χ1n) is 6.85. The van der Waals surface area contributed by atoms with Crippen molar-refractivity contribution in [2.45, 2.75) is 32.7 Å². The Morgan fingerprint density at radius 1 is 1.47 bits per heavy atom. The van der Waals surface area contributed by atoms with Gasteiger partial charge in [-0.2, -0.15) is 0 Å². The topological polar surface area (TPSA) is 58.4 Å². The second-order valence-corrected chi connectivity index (χ2v) is 4.99. The summed E-state index contributed by atoms with van der Waals surface area (Å²) in [5, 5.41) is 14.2. The van der Waals surface area contributed by atoms with Gasteiger partial charge in [0.15, 0.2) is 0 Å². The van der Waals surface area contributed by atoms with E-state index in [1.807, 2.05) is 6.07 Å². The maximum absolute atomic E-state index is 10.9. The Labute approximate surface area is 113 Å². The van der Waals surface area contributed by atoms with E-state index in [2.05, 4.69) is 17.1 Å². The average Bonchev–Trinajstić information content (AvgIpc) is 3.20. The van der Waals surface area contributed by atoms with Crippen LogP contribution < -0.4 is 5.32 Å². The van der Waals surface area contributed by atoms with Crippen molar-refractivity contribution in [1.29, 1.82) is 0 Å². The molecule has 1 aromatic rings. The van der Waals surface area contributed by atoms with E-state index in [9.17, 15) is 10.1 Å². The van der Waals surface area contributed by atoms with Crippen LogP contribution >= 0.6 is 0 Å². The first kappa shape index (κ1) is 13.8. The summed E-state index contributed by atoms with van der Waals surface area (Å²) in [4.78, 5) is 13.0. The molecule has 0 amide bonds. The van der Waals surface area contributed by atoms with Crippen molar-refractivity contribution in [3.8, 4) is 0 Å². The van der Waals surface area contributed by atoms with Gasteiger partial charge < -0.3 is 5.32 Å². The first-order chi connectivity index (χ1) is 9.13. The lowest BCUT2D eigenvalue weighted by atomic mass is 10.1. The van der Waals surface area contributed by atoms with Gasteiger partial charge in [-0.3, -0.25) is 15.0 Å². The second kappa shape index (κ2) is 6.02. The molecule has 104 valence electrons. The number of hydrogen-bond acceptors (Lipinski definition) is 4. The maximum Gasteiger partial charge on any atom is 0.274 e. The van der Waals surface area contributed by atoms with Crippen molar-refractivity contribution in [1.82, 2.24) is 4.90 Å². The van der Waals surface area contributed by atoms with Crippen molar-refractivity contribution in [2.24, 2.45) is 0 Å². The van der Waals surface area contributed by atoms with Gasteiger partial charge in [0.25, 0.3) is 5.69 Å². The molecule has 0 unspecified atom stereocenters. The minimum Gasteiger partial charge on any atom is -0.383 e. The van der Waals surface area contributed by atoms with Crippen LogP contribution in [0, 0.1) is 17.0 Å². The predicted molar refractivity (Wildman–Crippen MR) is 76.6 cm³/mol. The molecule has 0 heterocycles. The third-order valence-corrected chi connectivity index (χ3v) is 3.69. The molecule has 1 N–H and O–H groups in total. The summed E-state index contributed by atoms with van der Waals surface area (Å²) >= 11 is 0. The summed E-state index contributed by atoms with van der Waals surface area (Å²) < 4.78 is 0. The first-order valence-corrected chi connectivity index (χ1v) is 6.85. The third-order valence-electron chi connectivity index (χ3n) is 3.69. The minimum absolute atomic E-state index is 0.180. The third kappa shape index (κ3) is 3.44. The molecule has 0 aromatic heterocycles. The SMILES string of the molecule is CCN(CCNc1cccc([N+](=O)[O-])c1C)C1CC1. The summed E-state index contributed by atoms with van der Waals surface area (Å²) in [6.07, 6.45) is 2.62. The molecule has 5 heteroatoms. The fraction of sp³-hybridized carbons (Fsp3) is 0.571. The molecule has 1 saturated carbocycles. The second-order valence-electron chi connectivity index (χ2n) is 4.99. The summed E-state index contributed by atoms with van der Waals surface area (Å²) in [6, 6.07) is 5.93. The van der Waals surface area contributed by atoms with Crippen molar-refractivity contribution in [2.75, 3.05) is 25.0 Å². The summed E-state index contributed by atoms with van der Waals surface area (Å²) in [7, 11) is 0. The Morgan fingerprint density at radius 2 is 2.21 bits per heavy atom. The molecule has 2 rings (SSSR count). The number of nitro groups is 1. The smallest absolute Gasteiger partial charge is 0.274 e. The minimum atomic E-state index is -0.330. The lowest BCUT2D eigenvalue weighted by molar-refractivity contribution is -0.385. The zero-order chi connectivity index (χ0) is 13.8. The number of nitrogens with zero attached hydrogens (tertiary/aromatic N) is 2. The van der Waals surface area contributed by atoms with Crippen molar-refractivity contribution >= 4 is 11.4 Å². The van der Waals surface area contributed by atoms with Gasteiger partial charge in [0.2, 0.25) is 0 Å². The normalized spacial score (nSPS) is 14.7. The molecule has 0 atom stereocenters. The Kier molecular flexibility index (Phi) is 4.37. The number of nitrogens with one attached hydrogen (secondary N) is 1. The Hall–Kier alpha value is -1.62. The van der Waals surface area contributed by atoms with Gasteiger partial charge >= 0.3 is 0 Å². The van der Waals surface area contributed by atoms with Crippen LogP contribution in [0.15, 0.2) is 18.2 Å². The van der Waals surface area contributed by atoms with Crippen LogP contribution in [0.1, 0.15) is 25.3 Å². The molecule has 0 saturated heterocycles. The van der Waals surface area contributed by atoms with Crippen LogP contribution in [-0.4, -0.2) is 35.5 Å². The van der Waals surface area contributed by atoms with E-state index in [-0.39, 0.29) is 10.6 Å². The Morgan fingerprint density at radius 3 is 2.79 bits per heavy atom. The molecule has 5 nitrogen and oxygen atoms in total. The number of nitro benzene ring substituents is 1. The van der Waals surface area contributed by atoms with Gasteiger partial charge in [0.05, 0.1) is 4.92 Å². The standard InChI is InChI=1S/C14H21N3O2/c1-3-16(12-7-8-12)10-9-15-13-5-4-6-14(11(13)2)17(18)19/h4-6,12,15H,3,7-10H2,1-2H3. The number of hydrogen-bond donors (Lipinski definition) is 1. The van der Waals surface area contributed by atoms with E-state index in [4.69, 9.17) is 0 Å². The Balaban J connectivity index is 1.92. The van der Waals surface area contributed by atoms with E-state index in [1.165, 1.54) is 12.8 Å². The van der Waals surface area contributed by atoms with Crippen LogP contribution in [0.5, 0.6) is 0 Å². The quantitative estimate of drug-likeness (QED) is 0.607. The largest absolute Gasteiger partial charge is 0.383 e. The fourth-order valence-electron chi connectivity index (χ4n) is 2.39. The average molecular weight is 263 g/mol. The van der Waals surface area contributed by atoms with E-state index in [0.717, 1.165) is 31.4 Å². The molecule has 0 radical (unpaired) electrons. The van der Waals surface area contributed by atoms with Crippen LogP contribution in [0.2, 0.25) is 0 Å². The van der Waals surface area contributed by atoms with E-state index >= 15 is 0 Å². The summed E-state index contributed by atoms with van der Waals surface area (Å²) in [6.45, 7) is 6.85. The number of benzene rings is 1. The molecule has 1 aliphatic rings. The monoisotopic (exact) mass is 263 g/mol. The molecule has 0 bridgehead atoms. The highest BCUT2D eigenvalue weighted by Gasteiger charge is 2.27. The Bertz CT molecular complexity index is 458. The van der Waals surface area contributed by atoms with Gasteiger partial charge in [0.1, 0.15) is 0 Å². The highest BCUT2D eigenvalue weighted by Crippen LogP contribution is 2.27. The lowest BCUT2D eigenvalue weighted by Crippen LogP contribution is -2.31. The molecule has 0 aliphatic heterocycles. The molecular weight excluding hydrogens is 242 g/mol. The maximum atomic E-state index is 10.9. The zero-order valence-electron chi connectivity index (χ0n) is 11.6. The van der Waals surface area contributed by atoms with E-state index < -0.39 is 0 Å². The number of rotatable bonds is 7. The van der Waals surface area contributed by atoms with Gasteiger partial charge in [-0.15, -0.1) is 0 Å². The highest BCUT2D eigenvalue weighted by molar-refractivity contribution is 5.59. The summed E-state index contributed by atoms with van der Waals surface area (Å²) in [5.41, 5.74) is 1.75. The van der Waals surface area contributed by atoms with E-state index in [0.29, 0.717) is 5.56 Å². The molecule has 19 heavy (non-hydrogen) atoms. The van der Waals surface area contributed by atoms with Gasteiger partial charge in [-0.1, -0.05) is 13.0 Å². The van der Waals surface area contributed by atoms with E-state index in [1.54, 1.807) is 19.1 Å². The van der Waals surface area contributed by atoms with Crippen LogP contribution in [0.4, 0.5) is 11.4 Å². The zero-order valence-corrected chi connectivity index (χ0v) is 11.6. The van der Waals surface area contributed by atoms with Crippen LogP contribution in [-0.2, 0) is 0 Å². The lowest BCUT2D eigenvalue weighted by Gasteiger charge is -2.20. The molecular formula is C14H21N3O2. The number of anilines is 1. The fourth-order valence-corrected chi connectivity index (χ4v) is 2.39. The number of likely N-dealkylation sites (N-methyl/N-ethyl adjacent to an activating group) is 1. The van der Waals surface area contributed by atoms with Crippen LogP contribution in [0.25, 0.3) is 0 Å². The van der Waals surface area contributed by atoms with Gasteiger partial charge in [-0.05, 0) is 32.4 Å². The molecule has 0 spiro atoms. The molecule has 1 aliphatic carbocycles. The molecule has 1 aromatic carbocycles. The van der Waals surface area contributed by atoms with Crippen molar-refractivity contribution in [3.63, 3.8) is 0 Å². The highest BCUT2D eigenvalue weighted by atomic mass is 16.6. The van der Waals surface area contributed by atoms with Gasteiger partial charge in [0, 0.05) is 36.4 Å². The van der Waals surface area contributed by atoms with Crippen molar-refractivity contribution < 1.29 is 4.92 Å². The van der Waals surface area contributed by atoms with Crippen LogP contribution in [0.3, 0.4) is 0 Å². The van der Waals surface area contributed by atoms with Gasteiger partial charge in [-0.25, -0.2) is 0 Å². The molecule has 1 fully saturated rings. The predicted octanol–water partition coefficient (Wildman–Crippen LogP) is 2.80.